The normalized spacial score (nSPS) is 18.1. The summed E-state index contributed by atoms with van der Waals surface area (Å²) in [6, 6.07) is 5.85. The first-order valence-electron chi connectivity index (χ1n) is 5.58. The van der Waals surface area contributed by atoms with Crippen molar-refractivity contribution in [2.45, 2.75) is 25.1 Å². The largest absolute Gasteiger partial charge is 0.418 e. The lowest BCUT2D eigenvalue weighted by Gasteiger charge is -2.25. The molecule has 0 spiro atoms. The first-order valence-corrected chi connectivity index (χ1v) is 6.73. The van der Waals surface area contributed by atoms with Gasteiger partial charge in [-0.25, -0.2) is 0 Å². The summed E-state index contributed by atoms with van der Waals surface area (Å²) in [5.74, 6) is 2.04. The molecule has 0 atom stereocenters. The van der Waals surface area contributed by atoms with Gasteiger partial charge in [0, 0.05) is 11.7 Å². The van der Waals surface area contributed by atoms with Gasteiger partial charge in [-0.1, -0.05) is 12.1 Å². The molecule has 5 heteroatoms. The molecule has 94 valence electrons. The Kier molecular flexibility index (Phi) is 3.86. The van der Waals surface area contributed by atoms with Crippen molar-refractivity contribution in [3.05, 3.63) is 29.8 Å². The Hall–Kier alpha value is -0.840. The van der Waals surface area contributed by atoms with Crippen LogP contribution in [0.25, 0.3) is 0 Å². The lowest BCUT2D eigenvalue weighted by Crippen LogP contribution is -2.25. The zero-order valence-electron chi connectivity index (χ0n) is 9.26. The minimum absolute atomic E-state index is 0.166. The maximum Gasteiger partial charge on any atom is 0.418 e. The molecule has 2 rings (SSSR count). The molecule has 0 saturated carbocycles. The number of para-hydroxylation sites is 1. The molecule has 1 fully saturated rings. The summed E-state index contributed by atoms with van der Waals surface area (Å²) >= 11 is 1.86. The summed E-state index contributed by atoms with van der Waals surface area (Å²) in [5, 5.41) is 3.02. The van der Waals surface area contributed by atoms with E-state index in [1.54, 1.807) is 6.07 Å². The fraction of sp³-hybridized carbons (Fsp3) is 0.500. The lowest BCUT2D eigenvalue weighted by atomic mass is 10.1. The zero-order chi connectivity index (χ0) is 12.3. The third-order valence-corrected chi connectivity index (χ3v) is 3.86. The smallest absolute Gasteiger partial charge is 0.382 e. The second-order valence-corrected chi connectivity index (χ2v) is 5.30. The van der Waals surface area contributed by atoms with Crippen LogP contribution >= 0.6 is 11.8 Å². The van der Waals surface area contributed by atoms with Crippen molar-refractivity contribution in [1.29, 1.82) is 0 Å². The minimum Gasteiger partial charge on any atom is -0.382 e. The Bertz CT molecular complexity index is 372. The third-order valence-electron chi connectivity index (χ3n) is 2.81. The fourth-order valence-electron chi connectivity index (χ4n) is 1.92. The van der Waals surface area contributed by atoms with Crippen LogP contribution in [0.4, 0.5) is 18.9 Å². The van der Waals surface area contributed by atoms with Gasteiger partial charge in [0.05, 0.1) is 5.56 Å². The Morgan fingerprint density at radius 3 is 2.41 bits per heavy atom. The van der Waals surface area contributed by atoms with Gasteiger partial charge < -0.3 is 5.32 Å². The molecule has 1 aromatic carbocycles. The van der Waals surface area contributed by atoms with Crippen molar-refractivity contribution >= 4 is 17.4 Å². The van der Waals surface area contributed by atoms with Crippen molar-refractivity contribution in [1.82, 2.24) is 0 Å². The van der Waals surface area contributed by atoms with E-state index in [9.17, 15) is 13.2 Å². The first-order chi connectivity index (χ1) is 8.07. The second-order valence-electron chi connectivity index (χ2n) is 4.07. The van der Waals surface area contributed by atoms with Gasteiger partial charge in [0.2, 0.25) is 0 Å². The first kappa shape index (κ1) is 12.6. The molecule has 1 aromatic rings. The van der Waals surface area contributed by atoms with E-state index in [0.717, 1.165) is 30.4 Å². The third kappa shape index (κ3) is 3.31. The van der Waals surface area contributed by atoms with Crippen LogP contribution in [0.5, 0.6) is 0 Å². The van der Waals surface area contributed by atoms with Gasteiger partial charge in [-0.05, 0) is 36.5 Å². The van der Waals surface area contributed by atoms with Crippen molar-refractivity contribution in [2.75, 3.05) is 16.8 Å². The van der Waals surface area contributed by atoms with E-state index < -0.39 is 11.7 Å². The van der Waals surface area contributed by atoms with Gasteiger partial charge >= 0.3 is 6.18 Å². The van der Waals surface area contributed by atoms with E-state index in [0.29, 0.717) is 0 Å². The van der Waals surface area contributed by atoms with Crippen LogP contribution in [-0.4, -0.2) is 17.5 Å². The number of anilines is 1. The number of benzene rings is 1. The monoisotopic (exact) mass is 261 g/mol. The Morgan fingerprint density at radius 2 is 1.76 bits per heavy atom. The predicted octanol–water partition coefficient (Wildman–Crippen LogP) is 4.01. The molecule has 0 radical (unpaired) electrons. The average Bonchev–Trinajstić information content (AvgIpc) is 2.30. The molecular formula is C12H14F3NS. The molecule has 0 amide bonds. The summed E-state index contributed by atoms with van der Waals surface area (Å²) in [6.07, 6.45) is -2.43. The molecule has 1 aliphatic heterocycles. The van der Waals surface area contributed by atoms with E-state index in [-0.39, 0.29) is 11.7 Å². The van der Waals surface area contributed by atoms with Gasteiger partial charge in [0.25, 0.3) is 0 Å². The van der Waals surface area contributed by atoms with E-state index in [1.807, 2.05) is 11.8 Å². The molecule has 0 aromatic heterocycles. The van der Waals surface area contributed by atoms with Crippen LogP contribution in [0, 0.1) is 0 Å². The van der Waals surface area contributed by atoms with Crippen LogP contribution in [0.1, 0.15) is 18.4 Å². The van der Waals surface area contributed by atoms with Crippen LogP contribution in [0.15, 0.2) is 24.3 Å². The Balaban J connectivity index is 2.14. The average molecular weight is 261 g/mol. The lowest BCUT2D eigenvalue weighted by molar-refractivity contribution is -0.137. The molecule has 1 heterocycles. The molecule has 0 bridgehead atoms. The van der Waals surface area contributed by atoms with Gasteiger partial charge in [0.1, 0.15) is 0 Å². The van der Waals surface area contributed by atoms with Gasteiger partial charge in [-0.15, -0.1) is 0 Å². The maximum atomic E-state index is 12.8. The van der Waals surface area contributed by atoms with Crippen molar-refractivity contribution < 1.29 is 13.2 Å². The van der Waals surface area contributed by atoms with Gasteiger partial charge in [-0.2, -0.15) is 24.9 Å². The van der Waals surface area contributed by atoms with E-state index in [4.69, 9.17) is 0 Å². The van der Waals surface area contributed by atoms with E-state index >= 15 is 0 Å². The fourth-order valence-corrected chi connectivity index (χ4v) is 3.02. The summed E-state index contributed by atoms with van der Waals surface area (Å²) < 4.78 is 38.3. The minimum atomic E-state index is -4.28. The summed E-state index contributed by atoms with van der Waals surface area (Å²) in [5.41, 5.74) is -0.366. The summed E-state index contributed by atoms with van der Waals surface area (Å²) in [7, 11) is 0. The number of hydrogen-bond donors (Lipinski definition) is 1. The van der Waals surface area contributed by atoms with E-state index in [2.05, 4.69) is 5.32 Å². The summed E-state index contributed by atoms with van der Waals surface area (Å²) in [6.45, 7) is 0. The highest BCUT2D eigenvalue weighted by Crippen LogP contribution is 2.35. The molecule has 0 aliphatic carbocycles. The number of rotatable bonds is 2. The number of nitrogens with one attached hydrogen (secondary N) is 1. The van der Waals surface area contributed by atoms with Gasteiger partial charge in [-0.3, -0.25) is 0 Å². The zero-order valence-corrected chi connectivity index (χ0v) is 10.1. The highest BCUT2D eigenvalue weighted by molar-refractivity contribution is 7.99. The Morgan fingerprint density at radius 1 is 1.12 bits per heavy atom. The summed E-state index contributed by atoms with van der Waals surface area (Å²) in [4.78, 5) is 0. The highest BCUT2D eigenvalue weighted by atomic mass is 32.2. The van der Waals surface area contributed by atoms with Crippen LogP contribution in [0.3, 0.4) is 0 Å². The molecule has 1 N–H and O–H groups in total. The van der Waals surface area contributed by atoms with Crippen LogP contribution in [0.2, 0.25) is 0 Å². The topological polar surface area (TPSA) is 12.0 Å². The van der Waals surface area contributed by atoms with Crippen LogP contribution in [-0.2, 0) is 6.18 Å². The molecule has 0 unspecified atom stereocenters. The molecule has 17 heavy (non-hydrogen) atoms. The SMILES string of the molecule is FC(F)(F)c1ccccc1NC1CCSCC1. The van der Waals surface area contributed by atoms with Crippen molar-refractivity contribution in [3.63, 3.8) is 0 Å². The quantitative estimate of drug-likeness (QED) is 0.863. The van der Waals surface area contributed by atoms with Crippen molar-refractivity contribution in [2.24, 2.45) is 0 Å². The molecular weight excluding hydrogens is 247 g/mol. The number of alkyl halides is 3. The number of thioether (sulfide) groups is 1. The van der Waals surface area contributed by atoms with Gasteiger partial charge in [0.15, 0.2) is 0 Å². The van der Waals surface area contributed by atoms with Crippen LogP contribution < -0.4 is 5.32 Å². The number of hydrogen-bond acceptors (Lipinski definition) is 2. The van der Waals surface area contributed by atoms with Crippen molar-refractivity contribution in [3.8, 4) is 0 Å². The molecule has 1 nitrogen and oxygen atoms in total. The predicted molar refractivity (Wildman–Crippen MR) is 65.4 cm³/mol. The molecule has 1 aliphatic rings. The Labute approximate surface area is 103 Å². The second kappa shape index (κ2) is 5.21. The maximum absolute atomic E-state index is 12.8. The highest BCUT2D eigenvalue weighted by Gasteiger charge is 2.33. The molecule has 1 saturated heterocycles. The standard InChI is InChI=1S/C12H14F3NS/c13-12(14,15)10-3-1-2-4-11(10)16-9-5-7-17-8-6-9/h1-4,9,16H,5-8H2. The van der Waals surface area contributed by atoms with E-state index in [1.165, 1.54) is 12.1 Å². The number of halogens is 3.